The van der Waals surface area contributed by atoms with Gasteiger partial charge in [0.15, 0.2) is 6.67 Å². The van der Waals surface area contributed by atoms with Gasteiger partial charge in [0.2, 0.25) is 0 Å². The first-order chi connectivity index (χ1) is 20.9. The number of hydrogen-bond donors (Lipinski definition) is 0. The Hall–Kier alpha value is -0.968. The SMILES string of the molecule is Cc1cc(S(=O)(=O)C(F)(F)F)cc(S(=O)(=O)C(F)(F)F)c1[O-].Cc1ccc(C)[n-]1.O=S([O-])F.[Li+].[Li+].[Li+].[NH-]S(=O)(=O)C(F)(F)C(F)(F)C(F)(F)CF. The van der Waals surface area contributed by atoms with Crippen molar-refractivity contribution in [3.63, 3.8) is 0 Å². The number of benzene rings is 1. The smallest absolute Gasteiger partial charge is 0.871 e. The van der Waals surface area contributed by atoms with Crippen LogP contribution in [-0.4, -0.2) is 68.8 Å². The summed E-state index contributed by atoms with van der Waals surface area (Å²) < 4.78 is 249. The molecule has 1 N–H and O–H groups in total. The zero-order valence-corrected chi connectivity index (χ0v) is 29.3. The van der Waals surface area contributed by atoms with Gasteiger partial charge in [0.05, 0.1) is 9.79 Å². The Labute approximate surface area is 318 Å². The molecule has 0 fully saturated rings. The first-order valence-corrected chi connectivity index (χ1v) is 16.2. The van der Waals surface area contributed by atoms with Crippen LogP contribution in [0.15, 0.2) is 34.1 Å². The molecule has 0 radical (unpaired) electrons. The first kappa shape index (κ1) is 59.3. The Morgan fingerprint density at radius 3 is 1.31 bits per heavy atom. The van der Waals surface area contributed by atoms with E-state index in [1.807, 2.05) is 26.0 Å². The topological polar surface area (TPSA) is 204 Å². The molecule has 32 heteroatoms. The zero-order valence-electron chi connectivity index (χ0n) is 26.1. The van der Waals surface area contributed by atoms with Gasteiger partial charge in [-0.3, -0.25) is 0 Å². The second-order valence-corrected chi connectivity index (χ2v) is 14.1. The number of nitrogens with zero attached hydrogens (tertiary/aromatic N) is 1. The van der Waals surface area contributed by atoms with E-state index < -0.39 is 103 Å². The minimum absolute atomic E-state index is 0. The summed E-state index contributed by atoms with van der Waals surface area (Å²) in [5, 5.41) is 10.7. The number of rotatable bonds is 6. The van der Waals surface area contributed by atoms with Crippen molar-refractivity contribution in [2.75, 3.05) is 6.67 Å². The van der Waals surface area contributed by atoms with Crippen LogP contribution in [0.3, 0.4) is 0 Å². The number of halogens is 14. The Morgan fingerprint density at radius 1 is 0.745 bits per heavy atom. The van der Waals surface area contributed by atoms with Gasteiger partial charge in [-0.05, 0) is 19.1 Å². The van der Waals surface area contributed by atoms with E-state index in [2.05, 4.69) is 4.98 Å². The summed E-state index contributed by atoms with van der Waals surface area (Å²) in [7, 11) is -19.0. The molecular formula is C19H16F14Li3N2O9S4-. The summed E-state index contributed by atoms with van der Waals surface area (Å²) in [4.78, 5) is 0.266. The van der Waals surface area contributed by atoms with Crippen LogP contribution in [-0.2, 0) is 41.2 Å². The van der Waals surface area contributed by atoms with Crippen molar-refractivity contribution < 1.29 is 157 Å². The number of sulfone groups is 2. The molecule has 0 bridgehead atoms. The number of alkyl halides is 13. The molecule has 2 aromatic rings. The monoisotopic (exact) mass is 831 g/mol. The molecule has 1 aromatic carbocycles. The van der Waals surface area contributed by atoms with Crippen molar-refractivity contribution >= 4 is 41.2 Å². The van der Waals surface area contributed by atoms with Gasteiger partial charge in [0.1, 0.15) is 21.5 Å². The minimum atomic E-state index is -6.53. The standard InChI is InChI=1S/C9H6F6O5S2.C6H8N.C4H3F7NO2S.FHO2S.3Li/c1-4-2-5(21(17,18)8(10,11)12)3-6(7(4)16)22(19,20)9(13,14)15;1-5-3-4-6(2)7-5;5-1-2(6,7)3(8,9)4(10,11)15(12,13)14;1-4(2)3;;;/h2-3,16H,1H3;3-4H,1-2H3;1H2,(H-,12,13,14);(H,2,3);;;/q;2*-1;;3*+1/p-2. The number of hydrogen-bond acceptors (Lipinski definition) is 9. The summed E-state index contributed by atoms with van der Waals surface area (Å²) in [6.45, 7) is 1.50. The maximum atomic E-state index is 12.4. The van der Waals surface area contributed by atoms with Gasteiger partial charge in [-0.2, -0.15) is 64.1 Å². The third-order valence-electron chi connectivity index (χ3n) is 4.67. The van der Waals surface area contributed by atoms with E-state index in [4.69, 9.17) is 13.9 Å². The van der Waals surface area contributed by atoms with Gasteiger partial charge in [0.25, 0.3) is 19.7 Å². The van der Waals surface area contributed by atoms with Crippen LogP contribution in [0.2, 0.25) is 0 Å². The van der Waals surface area contributed by atoms with Crippen LogP contribution >= 0.6 is 0 Å². The summed E-state index contributed by atoms with van der Waals surface area (Å²) >= 11 is -3.36. The minimum Gasteiger partial charge on any atom is -0.871 e. The molecule has 282 valence electrons. The number of sulfonamides is 1. The molecule has 1 unspecified atom stereocenters. The fourth-order valence-electron chi connectivity index (χ4n) is 2.38. The molecule has 51 heavy (non-hydrogen) atoms. The number of nitrogens with one attached hydrogen (secondary N) is 1. The molecule has 2 rings (SSSR count). The molecule has 0 aliphatic carbocycles. The number of aryl methyl sites for hydroxylation is 3. The Kier molecular flexibility index (Phi) is 24.0. The second-order valence-electron chi connectivity index (χ2n) is 8.32. The van der Waals surface area contributed by atoms with E-state index in [1.54, 1.807) is 0 Å². The van der Waals surface area contributed by atoms with Gasteiger partial charge in [-0.1, -0.05) is 37.3 Å². The predicted octanol–water partition coefficient (Wildman–Crippen LogP) is -4.12. The van der Waals surface area contributed by atoms with Gasteiger partial charge in [-0.25, -0.2) is 33.9 Å². The molecule has 1 aromatic heterocycles. The van der Waals surface area contributed by atoms with E-state index >= 15 is 0 Å². The van der Waals surface area contributed by atoms with E-state index in [-0.39, 0.29) is 62.6 Å². The van der Waals surface area contributed by atoms with E-state index in [0.29, 0.717) is 6.92 Å². The molecule has 11 nitrogen and oxygen atoms in total. The van der Waals surface area contributed by atoms with Crippen LogP contribution in [0, 0.1) is 20.8 Å². The third kappa shape index (κ3) is 15.4. The third-order valence-corrected chi connectivity index (χ3v) is 8.56. The van der Waals surface area contributed by atoms with Crippen LogP contribution in [0.5, 0.6) is 5.75 Å². The zero-order chi connectivity index (χ0) is 39.3. The average molecular weight is 831 g/mol. The molecular weight excluding hydrogens is 815 g/mol. The van der Waals surface area contributed by atoms with Crippen LogP contribution in [0.1, 0.15) is 17.0 Å². The van der Waals surface area contributed by atoms with Crippen molar-refractivity contribution in [3.05, 3.63) is 46.4 Å². The average Bonchev–Trinajstić information content (AvgIpc) is 3.25. The first-order valence-electron chi connectivity index (χ1n) is 10.8. The Morgan fingerprint density at radius 2 is 1.08 bits per heavy atom. The summed E-state index contributed by atoms with van der Waals surface area (Å²) in [6, 6.07) is 3.73. The Bertz CT molecular complexity index is 1750. The molecule has 0 saturated heterocycles. The van der Waals surface area contributed by atoms with Crippen molar-refractivity contribution in [1.82, 2.24) is 4.98 Å². The molecule has 1 atom stereocenters. The second kappa shape index (κ2) is 20.6. The van der Waals surface area contributed by atoms with Crippen LogP contribution < -0.4 is 66.7 Å². The van der Waals surface area contributed by atoms with Crippen LogP contribution in [0.25, 0.3) is 5.14 Å². The fourth-order valence-corrected chi connectivity index (χ4v) is 4.75. The molecule has 1 heterocycles. The van der Waals surface area contributed by atoms with Crippen molar-refractivity contribution in [2.24, 2.45) is 0 Å². The quantitative estimate of drug-likeness (QED) is 0.119. The molecule has 0 saturated carbocycles. The van der Waals surface area contributed by atoms with E-state index in [9.17, 15) is 91.3 Å². The van der Waals surface area contributed by atoms with Gasteiger partial charge < -0.3 is 19.8 Å². The predicted molar refractivity (Wildman–Crippen MR) is 130 cm³/mol. The van der Waals surface area contributed by atoms with E-state index in [1.165, 1.54) is 0 Å². The van der Waals surface area contributed by atoms with Crippen molar-refractivity contribution in [2.45, 2.75) is 58.7 Å². The summed E-state index contributed by atoms with van der Waals surface area (Å²) in [5.41, 5.74) is -10.5. The molecule has 0 aliphatic heterocycles. The van der Waals surface area contributed by atoms with Crippen molar-refractivity contribution in [3.8, 4) is 5.75 Å². The summed E-state index contributed by atoms with van der Waals surface area (Å²) in [5.74, 6) is -14.1. The molecule has 0 aliphatic rings. The normalized spacial score (nSPS) is 13.2. The largest absolute Gasteiger partial charge is 1.00 e. The fraction of sp³-hybridized carbons (Fsp3) is 0.474. The maximum Gasteiger partial charge on any atom is 1.00 e. The van der Waals surface area contributed by atoms with E-state index in [0.717, 1.165) is 11.4 Å². The van der Waals surface area contributed by atoms with Gasteiger partial charge in [0, 0.05) is 0 Å². The van der Waals surface area contributed by atoms with Gasteiger partial charge >= 0.3 is 84.7 Å². The molecule has 0 spiro atoms. The summed E-state index contributed by atoms with van der Waals surface area (Å²) in [6.07, 6.45) is 0. The maximum absolute atomic E-state index is 12.4. The van der Waals surface area contributed by atoms with Gasteiger partial charge in [-0.15, -0.1) is 3.89 Å². The van der Waals surface area contributed by atoms with Crippen molar-refractivity contribution in [1.29, 1.82) is 0 Å². The molecule has 0 amide bonds. The Balaban J connectivity index is -0.000000210. The number of aromatic nitrogens is 1. The van der Waals surface area contributed by atoms with Crippen LogP contribution in [0.4, 0.5) is 61.0 Å².